The molecule has 0 radical (unpaired) electrons. The van der Waals surface area contributed by atoms with Crippen LogP contribution in [0, 0.1) is 17.9 Å². The van der Waals surface area contributed by atoms with Gasteiger partial charge in [-0.3, -0.25) is 4.79 Å². The molecule has 2 N–H and O–H groups in total. The van der Waals surface area contributed by atoms with Gasteiger partial charge >= 0.3 is 11.9 Å². The van der Waals surface area contributed by atoms with Crippen LogP contribution in [0.3, 0.4) is 0 Å². The Balaban J connectivity index is 0.989. The van der Waals surface area contributed by atoms with Gasteiger partial charge < -0.3 is 15.1 Å². The van der Waals surface area contributed by atoms with Gasteiger partial charge in [-0.15, -0.1) is 45.3 Å². The van der Waals surface area contributed by atoms with Crippen LogP contribution < -0.4 is 4.90 Å². The lowest BCUT2D eigenvalue weighted by molar-refractivity contribution is -0.133. The number of aliphatic carboxylic acids is 2. The first kappa shape index (κ1) is 42.8. The quantitative estimate of drug-likeness (QED) is 0.0640. The van der Waals surface area contributed by atoms with E-state index in [1.807, 2.05) is 24.3 Å². The summed E-state index contributed by atoms with van der Waals surface area (Å²) in [6, 6.07) is 43.9. The maximum absolute atomic E-state index is 11.3. The minimum Gasteiger partial charge on any atom is -0.486 e. The van der Waals surface area contributed by atoms with E-state index in [1.54, 1.807) is 28.7 Å². The molecule has 0 atom stereocenters. The van der Waals surface area contributed by atoms with Crippen LogP contribution in [0.25, 0.3) is 60.8 Å². The highest BCUT2D eigenvalue weighted by atomic mass is 32.1. The molecule has 63 heavy (non-hydrogen) atoms. The molecule has 4 heterocycles. The number of carboxylic acid groups (broad SMARTS) is 2. The smallest absolute Gasteiger partial charge is 0.346 e. The zero-order chi connectivity index (χ0) is 43.7. The Hall–Kier alpha value is -6.86. The Kier molecular flexibility index (Phi) is 13.5. The van der Waals surface area contributed by atoms with Gasteiger partial charge in [0.05, 0.1) is 6.57 Å². The lowest BCUT2D eigenvalue weighted by atomic mass is 9.84. The minimum atomic E-state index is -1.23. The number of carboxylic acids is 2. The van der Waals surface area contributed by atoms with E-state index in [-0.39, 0.29) is 11.3 Å². The monoisotopic (exact) mass is 897 g/mol. The maximum Gasteiger partial charge on any atom is 0.346 e. The highest BCUT2D eigenvalue weighted by Crippen LogP contribution is 2.40. The summed E-state index contributed by atoms with van der Waals surface area (Å²) in [6.07, 6.45) is 17.7. The molecule has 0 saturated heterocycles. The molecule has 7 aromatic rings. The molecule has 7 nitrogen and oxygen atoms in total. The molecule has 0 amide bonds. The number of carbonyl (C=O) groups is 2. The standard InChI is InChI=1S/C52H39N3O4S4/c1-54-46(52(58)59)32-45-26-30-50(63-45)48-28-24-43(61-48)22-12-35-9-17-40(18-10-35)55(41-19-13-37(14-20-41)36-5-3-2-4-6-36)39-15-7-34(8-16-39)11-21-42-23-27-47(60-42)49-29-25-44(62-49)31-38(33-53)51(56)57/h7-32,36H,2-6H2,(H,56,57)(H,58,59). The van der Waals surface area contributed by atoms with E-state index in [4.69, 9.17) is 11.8 Å². The third kappa shape index (κ3) is 10.6. The van der Waals surface area contributed by atoms with Gasteiger partial charge in [0.2, 0.25) is 0 Å². The first-order valence-electron chi connectivity index (χ1n) is 20.3. The fourth-order valence-corrected chi connectivity index (χ4v) is 11.3. The number of nitriles is 1. The fraction of sp³-hybridized carbons (Fsp3) is 0.115. The fourth-order valence-electron chi connectivity index (χ4n) is 7.44. The topological polar surface area (TPSA) is 106 Å². The van der Waals surface area contributed by atoms with Crippen LogP contribution in [0.15, 0.2) is 133 Å². The number of benzene rings is 3. The van der Waals surface area contributed by atoms with Crippen molar-refractivity contribution in [3.63, 3.8) is 0 Å². The number of hydrogen-bond acceptors (Lipinski definition) is 8. The highest BCUT2D eigenvalue weighted by molar-refractivity contribution is 7.23. The first-order valence-corrected chi connectivity index (χ1v) is 23.5. The molecule has 0 spiro atoms. The van der Waals surface area contributed by atoms with Gasteiger partial charge in [-0.05, 0) is 145 Å². The lowest BCUT2D eigenvalue weighted by Gasteiger charge is -2.27. The molecule has 8 rings (SSSR count). The minimum absolute atomic E-state index is 0.284. The van der Waals surface area contributed by atoms with Gasteiger partial charge in [-0.1, -0.05) is 67.8 Å². The molecule has 0 unspecified atom stereocenters. The van der Waals surface area contributed by atoms with E-state index >= 15 is 0 Å². The predicted octanol–water partition coefficient (Wildman–Crippen LogP) is 15.5. The second-order valence-corrected chi connectivity index (χ2v) is 19.3. The van der Waals surface area contributed by atoms with Crippen molar-refractivity contribution in [1.29, 1.82) is 5.26 Å². The van der Waals surface area contributed by atoms with Gasteiger partial charge in [-0.25, -0.2) is 9.64 Å². The summed E-state index contributed by atoms with van der Waals surface area (Å²) in [5.74, 6) is -1.83. The summed E-state index contributed by atoms with van der Waals surface area (Å²) in [4.78, 5) is 35.8. The van der Waals surface area contributed by atoms with Crippen molar-refractivity contribution in [3.8, 4) is 25.6 Å². The Bertz CT molecular complexity index is 2790. The molecule has 11 heteroatoms. The van der Waals surface area contributed by atoms with Crippen molar-refractivity contribution in [2.24, 2.45) is 0 Å². The Morgan fingerprint density at radius 3 is 1.43 bits per heavy atom. The molecule has 1 aliphatic carbocycles. The number of anilines is 3. The molecule has 1 fully saturated rings. The third-order valence-electron chi connectivity index (χ3n) is 10.7. The SMILES string of the molecule is [C-]#[N+]C(=Cc1ccc(-c2ccc(C=Cc3ccc(N(c4ccc(C=Cc5ccc(-c6ccc(C=C(C#N)C(=O)O)s6)s5)cc4)c4ccc(C5CCCCC5)cc4)cc3)s2)s1)C(=O)O. The van der Waals surface area contributed by atoms with Gasteiger partial charge in [-0.2, -0.15) is 5.26 Å². The Morgan fingerprint density at radius 2 is 1.00 bits per heavy atom. The molecule has 1 aliphatic rings. The zero-order valence-corrected chi connectivity index (χ0v) is 37.1. The third-order valence-corrected chi connectivity index (χ3v) is 15.2. The largest absolute Gasteiger partial charge is 0.486 e. The van der Waals surface area contributed by atoms with Crippen LogP contribution in [0.1, 0.15) is 74.2 Å². The summed E-state index contributed by atoms with van der Waals surface area (Å²) in [5, 5.41) is 27.6. The summed E-state index contributed by atoms with van der Waals surface area (Å²) in [7, 11) is 0. The van der Waals surface area contributed by atoms with Crippen LogP contribution in [0.4, 0.5) is 17.1 Å². The van der Waals surface area contributed by atoms with E-state index in [0.717, 1.165) is 67.2 Å². The van der Waals surface area contributed by atoms with E-state index in [2.05, 4.69) is 131 Å². The predicted molar refractivity (Wildman–Crippen MR) is 264 cm³/mol. The van der Waals surface area contributed by atoms with Gasteiger partial charge in [0.25, 0.3) is 5.70 Å². The van der Waals surface area contributed by atoms with Crippen LogP contribution in [0.5, 0.6) is 0 Å². The number of hydrogen-bond donors (Lipinski definition) is 2. The van der Waals surface area contributed by atoms with Crippen LogP contribution in [-0.4, -0.2) is 22.2 Å². The number of thiophene rings is 4. The van der Waals surface area contributed by atoms with E-state index in [9.17, 15) is 19.8 Å². The molecule has 0 bridgehead atoms. The van der Waals surface area contributed by atoms with E-state index < -0.39 is 11.9 Å². The van der Waals surface area contributed by atoms with Crippen LogP contribution in [0.2, 0.25) is 0 Å². The van der Waals surface area contributed by atoms with Gasteiger partial charge in [0, 0.05) is 56.1 Å². The van der Waals surface area contributed by atoms with E-state index in [1.165, 1.54) is 72.5 Å². The van der Waals surface area contributed by atoms with Gasteiger partial charge in [0.15, 0.2) is 0 Å². The number of nitrogens with zero attached hydrogens (tertiary/aromatic N) is 3. The van der Waals surface area contributed by atoms with E-state index in [0.29, 0.717) is 5.92 Å². The Morgan fingerprint density at radius 1 is 0.571 bits per heavy atom. The summed E-state index contributed by atoms with van der Waals surface area (Å²) >= 11 is 6.24. The molecule has 3 aromatic carbocycles. The molecule has 1 saturated carbocycles. The van der Waals surface area contributed by atoms with Crippen molar-refractivity contribution in [3.05, 3.63) is 180 Å². The van der Waals surface area contributed by atoms with Crippen molar-refractivity contribution in [1.82, 2.24) is 0 Å². The second-order valence-electron chi connectivity index (χ2n) is 14.8. The maximum atomic E-state index is 11.3. The number of rotatable bonds is 14. The van der Waals surface area contributed by atoms with Crippen molar-refractivity contribution < 1.29 is 19.8 Å². The molecule has 4 aromatic heterocycles. The van der Waals surface area contributed by atoms with Gasteiger partial charge in [0.1, 0.15) is 11.6 Å². The first-order chi connectivity index (χ1) is 30.7. The Labute approximate surface area is 382 Å². The molecule has 310 valence electrons. The zero-order valence-electron chi connectivity index (χ0n) is 33.8. The molecular weight excluding hydrogens is 859 g/mol. The highest BCUT2D eigenvalue weighted by Gasteiger charge is 2.18. The average molecular weight is 898 g/mol. The normalized spacial score (nSPS) is 13.6. The molecule has 0 aliphatic heterocycles. The summed E-state index contributed by atoms with van der Waals surface area (Å²) < 4.78 is 0. The average Bonchev–Trinajstić information content (AvgIpc) is 4.16. The molecular formula is C52H39N3O4S4. The summed E-state index contributed by atoms with van der Waals surface area (Å²) in [6.45, 7) is 7.12. The lowest BCUT2D eigenvalue weighted by Crippen LogP contribution is -2.10. The van der Waals surface area contributed by atoms with Crippen molar-refractivity contribution >= 4 is 111 Å². The van der Waals surface area contributed by atoms with Crippen molar-refractivity contribution in [2.75, 3.05) is 4.90 Å². The van der Waals surface area contributed by atoms with Crippen LogP contribution in [-0.2, 0) is 9.59 Å². The summed E-state index contributed by atoms with van der Waals surface area (Å²) in [5.41, 5.74) is 6.18. The van der Waals surface area contributed by atoms with Crippen LogP contribution >= 0.6 is 45.3 Å². The van der Waals surface area contributed by atoms with Crippen molar-refractivity contribution in [2.45, 2.75) is 38.0 Å². The second kappa shape index (κ2) is 19.9.